The molecule has 1 aliphatic heterocycles. The highest BCUT2D eigenvalue weighted by Crippen LogP contribution is 2.23. The summed E-state index contributed by atoms with van der Waals surface area (Å²) in [5.74, 6) is -2.42. The van der Waals surface area contributed by atoms with Crippen molar-refractivity contribution in [2.75, 3.05) is 26.2 Å². The number of carbonyl (C=O) groups is 4. The van der Waals surface area contributed by atoms with Crippen molar-refractivity contribution in [1.29, 1.82) is 0 Å². The molecule has 0 saturated carbocycles. The third-order valence-corrected chi connectivity index (χ3v) is 5.31. The molecule has 164 valence electrons. The van der Waals surface area contributed by atoms with Crippen LogP contribution in [-0.2, 0) is 9.59 Å². The largest absolute Gasteiger partial charge is 0.427 e. The molecule has 2 amide bonds. The van der Waals surface area contributed by atoms with E-state index in [0.29, 0.717) is 16.8 Å². The zero-order valence-corrected chi connectivity index (χ0v) is 17.3. The number of amides is 2. The smallest absolute Gasteiger partial charge is 0.308 e. The van der Waals surface area contributed by atoms with Gasteiger partial charge in [-0.2, -0.15) is 0 Å². The summed E-state index contributed by atoms with van der Waals surface area (Å²) in [6.45, 7) is 2.18. The molecule has 9 heteroatoms. The van der Waals surface area contributed by atoms with E-state index in [2.05, 4.69) is 4.98 Å². The lowest BCUT2D eigenvalue weighted by molar-refractivity contribution is -0.132. The zero-order valence-electron chi connectivity index (χ0n) is 17.3. The molecular formula is C23H20FN3O5. The molecule has 1 fully saturated rings. The second-order valence-electron chi connectivity index (χ2n) is 7.40. The van der Waals surface area contributed by atoms with Crippen LogP contribution < -0.4 is 4.74 Å². The van der Waals surface area contributed by atoms with Crippen LogP contribution in [0.3, 0.4) is 0 Å². The molecule has 1 saturated heterocycles. The molecule has 1 aromatic heterocycles. The van der Waals surface area contributed by atoms with Crippen LogP contribution in [-0.4, -0.2) is 64.5 Å². The first-order valence-corrected chi connectivity index (χ1v) is 10.0. The molecule has 0 atom stereocenters. The Bertz CT molecular complexity index is 1210. The van der Waals surface area contributed by atoms with E-state index in [1.54, 1.807) is 23.1 Å². The summed E-state index contributed by atoms with van der Waals surface area (Å²) < 4.78 is 19.1. The Labute approximate surface area is 182 Å². The number of nitrogens with one attached hydrogen (secondary N) is 1. The Morgan fingerprint density at radius 1 is 0.938 bits per heavy atom. The van der Waals surface area contributed by atoms with Crippen molar-refractivity contribution in [3.8, 4) is 5.75 Å². The summed E-state index contributed by atoms with van der Waals surface area (Å²) in [5, 5.41) is 0.0943. The summed E-state index contributed by atoms with van der Waals surface area (Å²) in [6.07, 6.45) is 1.34. The number of Topliss-reactive ketones (excluding diaryl/α,β-unsaturated/α-hetero) is 1. The standard InChI is InChI=1S/C23H20FN3O5/c1-14(28)32-16-7-5-15(6-8-16)22(30)26-9-11-27(12-10-26)23(31)21(29)17-13-25-19-4-2-3-18(24)20(17)19/h2-8,13,25H,9-12H2,1H3. The minimum atomic E-state index is -0.790. The molecule has 8 nitrogen and oxygen atoms in total. The number of H-pyrrole nitrogens is 1. The number of fused-ring (bicyclic) bond motifs is 1. The Balaban J connectivity index is 1.39. The van der Waals surface area contributed by atoms with Crippen molar-refractivity contribution in [1.82, 2.24) is 14.8 Å². The van der Waals surface area contributed by atoms with Crippen LogP contribution in [0.25, 0.3) is 10.9 Å². The van der Waals surface area contributed by atoms with E-state index in [1.165, 1.54) is 42.3 Å². The Kier molecular flexibility index (Phi) is 5.72. The van der Waals surface area contributed by atoms with Gasteiger partial charge < -0.3 is 19.5 Å². The van der Waals surface area contributed by atoms with Crippen molar-refractivity contribution < 1.29 is 28.3 Å². The van der Waals surface area contributed by atoms with Gasteiger partial charge in [0.05, 0.1) is 5.56 Å². The van der Waals surface area contributed by atoms with E-state index < -0.39 is 23.5 Å². The van der Waals surface area contributed by atoms with Crippen molar-refractivity contribution in [2.24, 2.45) is 0 Å². The molecule has 1 N–H and O–H groups in total. The molecule has 2 aromatic carbocycles. The number of benzene rings is 2. The molecule has 32 heavy (non-hydrogen) atoms. The first-order valence-electron chi connectivity index (χ1n) is 10.0. The van der Waals surface area contributed by atoms with Gasteiger partial charge in [0.2, 0.25) is 0 Å². The van der Waals surface area contributed by atoms with Gasteiger partial charge in [-0.3, -0.25) is 19.2 Å². The van der Waals surface area contributed by atoms with Crippen LogP contribution in [0.5, 0.6) is 5.75 Å². The monoisotopic (exact) mass is 437 g/mol. The second kappa shape index (κ2) is 8.62. The average Bonchev–Trinajstić information content (AvgIpc) is 3.23. The van der Waals surface area contributed by atoms with E-state index >= 15 is 0 Å². The van der Waals surface area contributed by atoms with Gasteiger partial charge in [-0.15, -0.1) is 0 Å². The van der Waals surface area contributed by atoms with Gasteiger partial charge >= 0.3 is 5.97 Å². The summed E-state index contributed by atoms with van der Waals surface area (Å²) in [5.41, 5.74) is 0.858. The summed E-state index contributed by atoms with van der Waals surface area (Å²) in [7, 11) is 0. The molecule has 0 bridgehead atoms. The maximum atomic E-state index is 14.2. The van der Waals surface area contributed by atoms with Gasteiger partial charge in [-0.25, -0.2) is 4.39 Å². The fraction of sp³-hybridized carbons (Fsp3) is 0.217. The number of hydrogen-bond donors (Lipinski definition) is 1. The van der Waals surface area contributed by atoms with Crippen LogP contribution in [0.4, 0.5) is 4.39 Å². The summed E-state index contributed by atoms with van der Waals surface area (Å²) in [6, 6.07) is 10.6. The highest BCUT2D eigenvalue weighted by Gasteiger charge is 2.30. The Morgan fingerprint density at radius 2 is 1.59 bits per heavy atom. The highest BCUT2D eigenvalue weighted by atomic mass is 19.1. The van der Waals surface area contributed by atoms with E-state index in [-0.39, 0.29) is 43.0 Å². The number of halogens is 1. The van der Waals surface area contributed by atoms with E-state index in [1.807, 2.05) is 0 Å². The lowest BCUT2D eigenvalue weighted by atomic mass is 10.1. The summed E-state index contributed by atoms with van der Waals surface area (Å²) in [4.78, 5) is 54.9. The predicted octanol–water partition coefficient (Wildman–Crippen LogP) is 2.40. The first-order chi connectivity index (χ1) is 15.3. The zero-order chi connectivity index (χ0) is 22.8. The molecular weight excluding hydrogens is 417 g/mol. The molecule has 0 unspecified atom stereocenters. The normalized spacial score (nSPS) is 13.8. The van der Waals surface area contributed by atoms with Crippen molar-refractivity contribution in [3.05, 3.63) is 65.6 Å². The minimum absolute atomic E-state index is 0.00512. The molecule has 1 aliphatic rings. The number of nitrogens with zero attached hydrogens (tertiary/aromatic N) is 2. The molecule has 3 aromatic rings. The second-order valence-corrected chi connectivity index (χ2v) is 7.40. The molecule has 4 rings (SSSR count). The maximum absolute atomic E-state index is 14.2. The first kappa shape index (κ1) is 21.2. The van der Waals surface area contributed by atoms with Gasteiger partial charge in [-0.1, -0.05) is 6.07 Å². The van der Waals surface area contributed by atoms with E-state index in [0.717, 1.165) is 0 Å². The number of rotatable bonds is 4. The Hall–Kier alpha value is -4.01. The number of aromatic nitrogens is 1. The SMILES string of the molecule is CC(=O)Oc1ccc(C(=O)N2CCN(C(=O)C(=O)c3c[nH]c4cccc(F)c34)CC2)cc1. The molecule has 0 spiro atoms. The highest BCUT2D eigenvalue weighted by molar-refractivity contribution is 6.44. The van der Waals surface area contributed by atoms with Gasteiger partial charge in [0.15, 0.2) is 0 Å². The fourth-order valence-corrected chi connectivity index (χ4v) is 3.70. The van der Waals surface area contributed by atoms with Crippen LogP contribution in [0.15, 0.2) is 48.7 Å². The van der Waals surface area contributed by atoms with Crippen LogP contribution in [0.2, 0.25) is 0 Å². The number of ketones is 1. The third-order valence-electron chi connectivity index (χ3n) is 5.31. The quantitative estimate of drug-likeness (QED) is 0.292. The lowest BCUT2D eigenvalue weighted by Gasteiger charge is -2.34. The van der Waals surface area contributed by atoms with Gasteiger partial charge in [0, 0.05) is 55.8 Å². The van der Waals surface area contributed by atoms with Crippen LogP contribution >= 0.6 is 0 Å². The molecule has 0 radical (unpaired) electrons. The average molecular weight is 437 g/mol. The van der Waals surface area contributed by atoms with Crippen molar-refractivity contribution in [3.63, 3.8) is 0 Å². The number of aromatic amines is 1. The van der Waals surface area contributed by atoms with Crippen LogP contribution in [0.1, 0.15) is 27.6 Å². The van der Waals surface area contributed by atoms with E-state index in [9.17, 15) is 23.6 Å². The molecule has 2 heterocycles. The molecule has 0 aliphatic carbocycles. The lowest BCUT2D eigenvalue weighted by Crippen LogP contribution is -2.52. The summed E-state index contributed by atoms with van der Waals surface area (Å²) >= 11 is 0. The topological polar surface area (TPSA) is 99.8 Å². The number of piperazine rings is 1. The number of hydrogen-bond acceptors (Lipinski definition) is 5. The van der Waals surface area contributed by atoms with Gasteiger partial charge in [0.25, 0.3) is 17.6 Å². The number of ether oxygens (including phenoxy) is 1. The third kappa shape index (κ3) is 4.09. The van der Waals surface area contributed by atoms with Gasteiger partial charge in [-0.05, 0) is 36.4 Å². The van der Waals surface area contributed by atoms with E-state index in [4.69, 9.17) is 4.74 Å². The van der Waals surface area contributed by atoms with Crippen molar-refractivity contribution >= 4 is 34.5 Å². The Morgan fingerprint density at radius 3 is 2.25 bits per heavy atom. The minimum Gasteiger partial charge on any atom is -0.427 e. The maximum Gasteiger partial charge on any atom is 0.308 e. The van der Waals surface area contributed by atoms with Crippen molar-refractivity contribution in [2.45, 2.75) is 6.92 Å². The predicted molar refractivity (Wildman–Crippen MR) is 113 cm³/mol. The van der Waals surface area contributed by atoms with Crippen LogP contribution in [0, 0.1) is 5.82 Å². The fourth-order valence-electron chi connectivity index (χ4n) is 3.70. The number of esters is 1. The number of carbonyl (C=O) groups excluding carboxylic acids is 4. The van der Waals surface area contributed by atoms with Gasteiger partial charge in [0.1, 0.15) is 11.6 Å².